The van der Waals surface area contributed by atoms with Crippen LogP contribution < -0.4 is 5.32 Å². The first-order valence-corrected chi connectivity index (χ1v) is 30.2. The van der Waals surface area contributed by atoms with Crippen LogP contribution in [0.15, 0.2) is 36.5 Å². The quantitative estimate of drug-likeness (QED) is 0.0321. The Morgan fingerprint density at radius 2 is 0.735 bits per heavy atom. The molecule has 0 aromatic carbocycles. The van der Waals surface area contributed by atoms with E-state index in [0.717, 1.165) is 51.4 Å². The van der Waals surface area contributed by atoms with E-state index in [0.29, 0.717) is 25.9 Å². The van der Waals surface area contributed by atoms with Gasteiger partial charge in [0, 0.05) is 12.8 Å². The van der Waals surface area contributed by atoms with Crippen molar-refractivity contribution in [2.75, 3.05) is 13.2 Å². The number of hydrogen-bond acceptors (Lipinski definition) is 5. The molecule has 0 aliphatic carbocycles. The zero-order valence-corrected chi connectivity index (χ0v) is 45.6. The molecule has 68 heavy (non-hydrogen) atoms. The summed E-state index contributed by atoms with van der Waals surface area (Å²) in [4.78, 5) is 24.5. The van der Waals surface area contributed by atoms with Gasteiger partial charge in [0.2, 0.25) is 5.91 Å². The average Bonchev–Trinajstić information content (AvgIpc) is 3.34. The Labute approximate surface area is 424 Å². The van der Waals surface area contributed by atoms with Gasteiger partial charge in [-0.3, -0.25) is 9.59 Å². The van der Waals surface area contributed by atoms with Gasteiger partial charge in [-0.05, 0) is 83.5 Å². The second-order valence-electron chi connectivity index (χ2n) is 20.7. The molecule has 0 aromatic heterocycles. The van der Waals surface area contributed by atoms with Crippen LogP contribution in [-0.2, 0) is 14.3 Å². The maximum Gasteiger partial charge on any atom is 0.305 e. The maximum absolute atomic E-state index is 12.4. The largest absolute Gasteiger partial charge is 0.466 e. The summed E-state index contributed by atoms with van der Waals surface area (Å²) >= 11 is 0. The number of aliphatic hydroxyl groups excluding tert-OH is 2. The molecule has 400 valence electrons. The van der Waals surface area contributed by atoms with Crippen molar-refractivity contribution in [1.82, 2.24) is 5.32 Å². The average molecular weight is 957 g/mol. The molecule has 3 N–H and O–H groups in total. The minimum Gasteiger partial charge on any atom is -0.466 e. The molecule has 0 spiro atoms. The van der Waals surface area contributed by atoms with Crippen LogP contribution >= 0.6 is 0 Å². The van der Waals surface area contributed by atoms with Crippen molar-refractivity contribution < 1.29 is 24.5 Å². The minimum absolute atomic E-state index is 0.000302. The molecule has 0 heterocycles. The molecule has 6 heteroatoms. The summed E-state index contributed by atoms with van der Waals surface area (Å²) in [5.74, 6) is -0.0411. The molecule has 0 aromatic rings. The number of aliphatic hydroxyl groups is 2. The molecular weight excluding hydrogens is 839 g/mol. The lowest BCUT2D eigenvalue weighted by molar-refractivity contribution is -0.143. The Hall–Kier alpha value is -1.92. The molecule has 0 radical (unpaired) electrons. The molecule has 0 aliphatic heterocycles. The number of hydrogen-bond donors (Lipinski definition) is 3. The Balaban J connectivity index is 3.43. The van der Waals surface area contributed by atoms with Crippen LogP contribution in [0.25, 0.3) is 0 Å². The third-order valence-electron chi connectivity index (χ3n) is 13.9. The second-order valence-corrected chi connectivity index (χ2v) is 20.7. The number of unbranched alkanes of at least 4 members (excludes halogenated alkanes) is 39. The van der Waals surface area contributed by atoms with Crippen molar-refractivity contribution in [3.63, 3.8) is 0 Å². The van der Waals surface area contributed by atoms with Gasteiger partial charge in [-0.2, -0.15) is 0 Å². The normalized spacial score (nSPS) is 12.8. The van der Waals surface area contributed by atoms with E-state index in [2.05, 4.69) is 55.6 Å². The monoisotopic (exact) mass is 956 g/mol. The van der Waals surface area contributed by atoms with E-state index in [9.17, 15) is 19.8 Å². The van der Waals surface area contributed by atoms with Crippen LogP contribution in [0.1, 0.15) is 322 Å². The van der Waals surface area contributed by atoms with Gasteiger partial charge in [-0.25, -0.2) is 0 Å². The first kappa shape index (κ1) is 66.1. The van der Waals surface area contributed by atoms with E-state index >= 15 is 0 Å². The van der Waals surface area contributed by atoms with Crippen molar-refractivity contribution in [3.05, 3.63) is 36.5 Å². The topological polar surface area (TPSA) is 95.9 Å². The highest BCUT2D eigenvalue weighted by molar-refractivity contribution is 5.76. The molecule has 0 aliphatic rings. The van der Waals surface area contributed by atoms with Crippen molar-refractivity contribution in [2.24, 2.45) is 0 Å². The number of esters is 1. The number of ether oxygens (including phenoxy) is 1. The number of carbonyl (C=O) groups excluding carboxylic acids is 2. The Bertz CT molecular complexity index is 1100. The highest BCUT2D eigenvalue weighted by atomic mass is 16.5. The molecule has 1 amide bonds. The van der Waals surface area contributed by atoms with E-state index in [-0.39, 0.29) is 18.5 Å². The molecule has 2 unspecified atom stereocenters. The summed E-state index contributed by atoms with van der Waals surface area (Å²) in [5.41, 5.74) is 0. The standard InChI is InChI=1S/C62H117NO5/c1-3-5-7-9-11-13-15-17-32-36-40-44-48-52-56-62(67)68-57-53-49-45-41-37-33-30-28-26-24-22-20-18-19-21-23-25-27-29-31-35-39-43-47-51-55-61(66)63-59(58-64)60(65)54-50-46-42-38-34-16-14-12-10-8-6-4-2/h15,17,19-22,59-60,64-65H,3-14,16,18,23-58H2,1-2H3,(H,63,66)/b17-15-,21-19-,22-20-. The maximum atomic E-state index is 12.4. The Morgan fingerprint density at radius 1 is 0.412 bits per heavy atom. The number of allylic oxidation sites excluding steroid dienone is 6. The molecule has 0 saturated carbocycles. The highest BCUT2D eigenvalue weighted by Crippen LogP contribution is 2.17. The summed E-state index contributed by atoms with van der Waals surface area (Å²) in [6, 6.07) is -0.545. The molecule has 2 atom stereocenters. The zero-order valence-electron chi connectivity index (χ0n) is 45.6. The zero-order chi connectivity index (χ0) is 49.3. The summed E-state index contributed by atoms with van der Waals surface area (Å²) in [7, 11) is 0. The Kier molecular flexibility index (Phi) is 56.0. The van der Waals surface area contributed by atoms with Gasteiger partial charge in [-0.15, -0.1) is 0 Å². The predicted octanol–water partition coefficient (Wildman–Crippen LogP) is 18.8. The summed E-state index contributed by atoms with van der Waals surface area (Å²) < 4.78 is 5.47. The lowest BCUT2D eigenvalue weighted by atomic mass is 10.0. The lowest BCUT2D eigenvalue weighted by Gasteiger charge is -2.22. The van der Waals surface area contributed by atoms with Gasteiger partial charge in [0.05, 0.1) is 25.4 Å². The van der Waals surface area contributed by atoms with Gasteiger partial charge < -0.3 is 20.3 Å². The van der Waals surface area contributed by atoms with E-state index < -0.39 is 12.1 Å². The summed E-state index contributed by atoms with van der Waals surface area (Å²) in [6.45, 7) is 4.94. The number of nitrogens with one attached hydrogen (secondary N) is 1. The second kappa shape index (κ2) is 57.7. The van der Waals surface area contributed by atoms with Gasteiger partial charge in [0.25, 0.3) is 0 Å². The Morgan fingerprint density at radius 3 is 1.13 bits per heavy atom. The third kappa shape index (κ3) is 53.4. The fourth-order valence-electron chi connectivity index (χ4n) is 9.25. The molecular formula is C62H117NO5. The van der Waals surface area contributed by atoms with Crippen molar-refractivity contribution in [2.45, 2.75) is 334 Å². The van der Waals surface area contributed by atoms with Crippen LogP contribution in [0, 0.1) is 0 Å². The fourth-order valence-corrected chi connectivity index (χ4v) is 9.25. The van der Waals surface area contributed by atoms with Gasteiger partial charge in [0.1, 0.15) is 0 Å². The van der Waals surface area contributed by atoms with Gasteiger partial charge in [-0.1, -0.05) is 262 Å². The van der Waals surface area contributed by atoms with Crippen molar-refractivity contribution in [3.8, 4) is 0 Å². The molecule has 0 rings (SSSR count). The van der Waals surface area contributed by atoms with Crippen LogP contribution in [-0.4, -0.2) is 47.4 Å². The van der Waals surface area contributed by atoms with E-state index in [4.69, 9.17) is 4.74 Å². The predicted molar refractivity (Wildman–Crippen MR) is 296 cm³/mol. The first-order chi connectivity index (χ1) is 33.5. The van der Waals surface area contributed by atoms with Gasteiger partial charge in [0.15, 0.2) is 0 Å². The number of rotatable bonds is 56. The smallest absolute Gasteiger partial charge is 0.305 e. The molecule has 0 saturated heterocycles. The van der Waals surface area contributed by atoms with E-state index in [1.807, 2.05) is 0 Å². The fraction of sp³-hybridized carbons (Fsp3) is 0.871. The molecule has 0 fully saturated rings. The van der Waals surface area contributed by atoms with Crippen molar-refractivity contribution in [1.29, 1.82) is 0 Å². The van der Waals surface area contributed by atoms with Crippen LogP contribution in [0.3, 0.4) is 0 Å². The SMILES string of the molecule is CCCCCCC/C=C\CCCCCCCC(=O)OCCCCCCCCCCC/C=C\C/C=C\CCCCCCCCCCCC(=O)NC(CO)C(O)CCCCCCCCCCCCCC. The first-order valence-electron chi connectivity index (χ1n) is 30.2. The van der Waals surface area contributed by atoms with E-state index in [1.165, 1.54) is 238 Å². The molecule has 0 bridgehead atoms. The summed E-state index contributed by atoms with van der Waals surface area (Å²) in [6.07, 6.45) is 71.5. The number of carbonyl (C=O) groups is 2. The van der Waals surface area contributed by atoms with Gasteiger partial charge >= 0.3 is 5.97 Å². The van der Waals surface area contributed by atoms with Crippen LogP contribution in [0.2, 0.25) is 0 Å². The third-order valence-corrected chi connectivity index (χ3v) is 13.9. The van der Waals surface area contributed by atoms with Crippen LogP contribution in [0.5, 0.6) is 0 Å². The van der Waals surface area contributed by atoms with Crippen LogP contribution in [0.4, 0.5) is 0 Å². The summed E-state index contributed by atoms with van der Waals surface area (Å²) in [5, 5.41) is 23.2. The van der Waals surface area contributed by atoms with E-state index in [1.54, 1.807) is 0 Å². The lowest BCUT2D eigenvalue weighted by Crippen LogP contribution is -2.45. The highest BCUT2D eigenvalue weighted by Gasteiger charge is 2.20. The molecule has 6 nitrogen and oxygen atoms in total. The minimum atomic E-state index is -0.667. The number of amides is 1. The van der Waals surface area contributed by atoms with Crippen molar-refractivity contribution >= 4 is 11.9 Å².